The third-order valence-corrected chi connectivity index (χ3v) is 2.95. The largest absolute Gasteiger partial charge is 0.384 e. The van der Waals surface area contributed by atoms with Gasteiger partial charge in [-0.25, -0.2) is 4.98 Å². The SMILES string of the molecule is Nc1nc2ccc(NC[C]3[CH][CH][CH][CH]3)cc2c(=O)[nH]1. The highest BCUT2D eigenvalue weighted by Crippen LogP contribution is 2.23. The van der Waals surface area contributed by atoms with Gasteiger partial charge in [-0.05, 0) is 43.9 Å². The number of nitrogens with two attached hydrogens (primary N) is 1. The van der Waals surface area contributed by atoms with Gasteiger partial charge in [0.1, 0.15) is 0 Å². The Morgan fingerprint density at radius 2 is 2.05 bits per heavy atom. The summed E-state index contributed by atoms with van der Waals surface area (Å²) in [5, 5.41) is 3.80. The quantitative estimate of drug-likeness (QED) is 0.770. The smallest absolute Gasteiger partial charge is 0.260 e. The molecule has 0 bridgehead atoms. The Kier molecular flexibility index (Phi) is 3.11. The normalized spacial score (nSPS) is 16.0. The van der Waals surface area contributed by atoms with E-state index in [0.717, 1.165) is 12.2 Å². The number of rotatable bonds is 3. The van der Waals surface area contributed by atoms with E-state index in [1.165, 1.54) is 5.92 Å². The van der Waals surface area contributed by atoms with Gasteiger partial charge >= 0.3 is 0 Å². The van der Waals surface area contributed by atoms with Gasteiger partial charge in [0.2, 0.25) is 5.95 Å². The molecule has 19 heavy (non-hydrogen) atoms. The maximum absolute atomic E-state index is 11.8. The molecular formula is C14H13N4O. The van der Waals surface area contributed by atoms with E-state index in [4.69, 9.17) is 5.73 Å². The van der Waals surface area contributed by atoms with Crippen LogP contribution in [0, 0.1) is 31.6 Å². The topological polar surface area (TPSA) is 83.8 Å². The summed E-state index contributed by atoms with van der Waals surface area (Å²) in [4.78, 5) is 18.4. The Labute approximate surface area is 111 Å². The van der Waals surface area contributed by atoms with Crippen LogP contribution < -0.4 is 16.6 Å². The number of nitrogen functional groups attached to an aromatic ring is 1. The van der Waals surface area contributed by atoms with Crippen LogP contribution in [0.25, 0.3) is 10.9 Å². The fourth-order valence-electron chi connectivity index (χ4n) is 2.00. The van der Waals surface area contributed by atoms with Gasteiger partial charge in [-0.2, -0.15) is 0 Å². The molecule has 1 aliphatic rings. The van der Waals surface area contributed by atoms with Gasteiger partial charge in [-0.3, -0.25) is 9.78 Å². The van der Waals surface area contributed by atoms with Crippen LogP contribution >= 0.6 is 0 Å². The number of aromatic amines is 1. The molecule has 95 valence electrons. The zero-order valence-electron chi connectivity index (χ0n) is 10.2. The van der Waals surface area contributed by atoms with E-state index in [2.05, 4.69) is 15.3 Å². The molecule has 5 nitrogen and oxygen atoms in total. The molecule has 1 fully saturated rings. The molecular weight excluding hydrogens is 240 g/mol. The van der Waals surface area contributed by atoms with E-state index >= 15 is 0 Å². The second-order valence-corrected chi connectivity index (χ2v) is 4.33. The highest BCUT2D eigenvalue weighted by atomic mass is 16.1. The standard InChI is InChI=1S/C14H13N4O/c15-14-17-12-6-5-10(7-11(12)13(19)18-14)16-8-9-3-1-2-4-9/h1-7,16H,8H2,(H3,15,17,18,19). The van der Waals surface area contributed by atoms with Crippen LogP contribution in [0.15, 0.2) is 23.0 Å². The Morgan fingerprint density at radius 1 is 1.26 bits per heavy atom. The van der Waals surface area contributed by atoms with Crippen LogP contribution in [0.1, 0.15) is 0 Å². The highest BCUT2D eigenvalue weighted by Gasteiger charge is 2.16. The van der Waals surface area contributed by atoms with Crippen molar-refractivity contribution in [2.24, 2.45) is 0 Å². The van der Waals surface area contributed by atoms with Gasteiger partial charge in [-0.15, -0.1) is 0 Å². The molecule has 4 N–H and O–H groups in total. The van der Waals surface area contributed by atoms with Crippen molar-refractivity contribution in [3.05, 3.63) is 60.2 Å². The molecule has 5 heteroatoms. The Morgan fingerprint density at radius 3 is 2.84 bits per heavy atom. The lowest BCUT2D eigenvalue weighted by molar-refractivity contribution is 1.10. The van der Waals surface area contributed by atoms with E-state index in [9.17, 15) is 4.79 Å². The zero-order chi connectivity index (χ0) is 13.2. The summed E-state index contributed by atoms with van der Waals surface area (Å²) in [7, 11) is 0. The van der Waals surface area contributed by atoms with Gasteiger partial charge in [0, 0.05) is 18.2 Å². The minimum Gasteiger partial charge on any atom is -0.384 e. The van der Waals surface area contributed by atoms with E-state index in [1.54, 1.807) is 12.1 Å². The van der Waals surface area contributed by atoms with Gasteiger partial charge in [0.25, 0.3) is 5.56 Å². The number of hydrogen-bond acceptors (Lipinski definition) is 4. The highest BCUT2D eigenvalue weighted by molar-refractivity contribution is 5.82. The molecule has 1 heterocycles. The van der Waals surface area contributed by atoms with Crippen molar-refractivity contribution in [3.8, 4) is 0 Å². The number of nitrogens with zero attached hydrogens (tertiary/aromatic N) is 1. The van der Waals surface area contributed by atoms with Crippen LogP contribution in [0.5, 0.6) is 0 Å². The molecule has 1 aromatic heterocycles. The number of nitrogens with one attached hydrogen (secondary N) is 2. The average Bonchev–Trinajstić information content (AvgIpc) is 2.89. The predicted molar refractivity (Wildman–Crippen MR) is 75.7 cm³/mol. The van der Waals surface area contributed by atoms with Gasteiger partial charge in [0.15, 0.2) is 0 Å². The van der Waals surface area contributed by atoms with Crippen LogP contribution in [0.4, 0.5) is 11.6 Å². The van der Waals surface area contributed by atoms with Crippen molar-refractivity contribution in [1.29, 1.82) is 0 Å². The van der Waals surface area contributed by atoms with E-state index in [-0.39, 0.29) is 11.5 Å². The summed E-state index contributed by atoms with van der Waals surface area (Å²) in [6.45, 7) is 0.721. The first-order valence-electron chi connectivity index (χ1n) is 5.96. The molecule has 0 amide bonds. The molecule has 2 aromatic rings. The fourth-order valence-corrected chi connectivity index (χ4v) is 2.00. The van der Waals surface area contributed by atoms with Crippen LogP contribution in [0.2, 0.25) is 0 Å². The fraction of sp³-hybridized carbons (Fsp3) is 0.0714. The third kappa shape index (κ3) is 2.54. The number of H-pyrrole nitrogens is 1. The third-order valence-electron chi connectivity index (χ3n) is 2.95. The summed E-state index contributed by atoms with van der Waals surface area (Å²) in [6, 6.07) is 5.45. The van der Waals surface area contributed by atoms with Crippen molar-refractivity contribution >= 4 is 22.5 Å². The average molecular weight is 253 g/mol. The van der Waals surface area contributed by atoms with Crippen molar-refractivity contribution in [1.82, 2.24) is 9.97 Å². The molecule has 0 atom stereocenters. The number of aromatic nitrogens is 2. The van der Waals surface area contributed by atoms with Gasteiger partial charge < -0.3 is 11.1 Å². The minimum absolute atomic E-state index is 0.134. The predicted octanol–water partition coefficient (Wildman–Crippen LogP) is 1.32. The summed E-state index contributed by atoms with van der Waals surface area (Å²) in [5.41, 5.74) is 6.76. The zero-order valence-corrected chi connectivity index (χ0v) is 10.2. The van der Waals surface area contributed by atoms with Crippen LogP contribution in [-0.2, 0) is 0 Å². The van der Waals surface area contributed by atoms with Crippen molar-refractivity contribution in [2.45, 2.75) is 0 Å². The molecule has 3 rings (SSSR count). The Hall–Kier alpha value is -2.04. The first kappa shape index (κ1) is 12.0. The lowest BCUT2D eigenvalue weighted by Crippen LogP contribution is -2.13. The Bertz CT molecular complexity index is 643. The summed E-state index contributed by atoms with van der Waals surface area (Å²) in [5.74, 6) is 1.33. The first-order valence-corrected chi connectivity index (χ1v) is 5.96. The van der Waals surface area contributed by atoms with Gasteiger partial charge in [0.05, 0.1) is 10.9 Å². The molecule has 0 spiro atoms. The molecule has 0 aliphatic heterocycles. The van der Waals surface area contributed by atoms with Crippen LogP contribution in [0.3, 0.4) is 0 Å². The van der Waals surface area contributed by atoms with E-state index < -0.39 is 0 Å². The van der Waals surface area contributed by atoms with E-state index in [1.807, 2.05) is 31.7 Å². The lowest BCUT2D eigenvalue weighted by Gasteiger charge is -2.11. The lowest BCUT2D eigenvalue weighted by atomic mass is 10.1. The molecule has 1 saturated carbocycles. The van der Waals surface area contributed by atoms with E-state index in [0.29, 0.717) is 10.9 Å². The minimum atomic E-state index is -0.223. The second-order valence-electron chi connectivity index (χ2n) is 4.33. The molecule has 0 unspecified atom stereocenters. The summed E-state index contributed by atoms with van der Waals surface area (Å²) in [6.07, 6.45) is 8.08. The van der Waals surface area contributed by atoms with Crippen molar-refractivity contribution in [2.75, 3.05) is 17.6 Å². The molecule has 1 aromatic carbocycles. The number of benzene rings is 1. The molecule has 1 aliphatic carbocycles. The van der Waals surface area contributed by atoms with Gasteiger partial charge in [-0.1, -0.05) is 0 Å². The van der Waals surface area contributed by atoms with Crippen molar-refractivity contribution < 1.29 is 0 Å². The van der Waals surface area contributed by atoms with Crippen molar-refractivity contribution in [3.63, 3.8) is 0 Å². The first-order chi connectivity index (χ1) is 9.22. The number of hydrogen-bond donors (Lipinski definition) is 3. The Balaban J connectivity index is 1.82. The monoisotopic (exact) mass is 253 g/mol. The summed E-state index contributed by atoms with van der Waals surface area (Å²) >= 11 is 0. The summed E-state index contributed by atoms with van der Waals surface area (Å²) < 4.78 is 0. The maximum Gasteiger partial charge on any atom is 0.260 e. The second kappa shape index (κ2) is 4.91. The maximum atomic E-state index is 11.8. The number of anilines is 2. The van der Waals surface area contributed by atoms with Crippen LogP contribution in [-0.4, -0.2) is 16.5 Å². The molecule has 0 saturated heterocycles. The number of fused-ring (bicyclic) bond motifs is 1. The molecule has 5 radical (unpaired) electrons.